The minimum atomic E-state index is -0.181. The van der Waals surface area contributed by atoms with E-state index in [-0.39, 0.29) is 11.2 Å². The number of Topliss-reactive ketones (excluding diaryl/α,β-unsaturated/α-hetero) is 1. The normalized spacial score (nSPS) is 22.0. The Bertz CT molecular complexity index is 473. The highest BCUT2D eigenvalue weighted by Gasteiger charge is 2.43. The predicted octanol–water partition coefficient (Wildman–Crippen LogP) is 2.66. The summed E-state index contributed by atoms with van der Waals surface area (Å²) < 4.78 is 13.3. The fourth-order valence-corrected chi connectivity index (χ4v) is 3.33. The van der Waals surface area contributed by atoms with E-state index < -0.39 is 0 Å². The molecule has 1 saturated carbocycles. The van der Waals surface area contributed by atoms with Gasteiger partial charge in [-0.15, -0.1) is 0 Å². The van der Waals surface area contributed by atoms with Gasteiger partial charge in [-0.1, -0.05) is 6.07 Å². The van der Waals surface area contributed by atoms with Crippen LogP contribution in [0.4, 0.5) is 10.1 Å². The number of likely N-dealkylation sites (N-methyl/N-ethyl adjacent to an activating group) is 1. The molecule has 1 aliphatic heterocycles. The van der Waals surface area contributed by atoms with Crippen LogP contribution in [-0.4, -0.2) is 19.4 Å². The van der Waals surface area contributed by atoms with E-state index in [2.05, 4.69) is 4.90 Å². The van der Waals surface area contributed by atoms with E-state index in [0.29, 0.717) is 18.6 Å². The van der Waals surface area contributed by atoms with E-state index in [1.807, 2.05) is 13.1 Å². The molecule has 1 fully saturated rings. The Labute approximate surface area is 100 Å². The minimum Gasteiger partial charge on any atom is -0.373 e. The molecule has 0 amide bonds. The van der Waals surface area contributed by atoms with E-state index in [1.54, 1.807) is 6.07 Å². The van der Waals surface area contributed by atoms with Crippen molar-refractivity contribution in [2.24, 2.45) is 0 Å². The maximum absolute atomic E-state index is 13.3. The summed E-state index contributed by atoms with van der Waals surface area (Å²) in [6, 6.07) is 5.06. The summed E-state index contributed by atoms with van der Waals surface area (Å²) in [7, 11) is 2.00. The monoisotopic (exact) mass is 233 g/mol. The second kappa shape index (κ2) is 3.56. The Morgan fingerprint density at radius 2 is 2.00 bits per heavy atom. The number of rotatable bonds is 0. The van der Waals surface area contributed by atoms with Crippen molar-refractivity contribution in [2.45, 2.75) is 31.1 Å². The zero-order chi connectivity index (χ0) is 12.0. The second-order valence-corrected chi connectivity index (χ2v) is 5.34. The van der Waals surface area contributed by atoms with Gasteiger partial charge >= 0.3 is 0 Å². The first kappa shape index (κ1) is 10.8. The highest BCUT2D eigenvalue weighted by Crippen LogP contribution is 2.48. The SMILES string of the molecule is CN1CC2(CCC(=O)CC2)c2ccc(F)cc21. The average molecular weight is 233 g/mol. The highest BCUT2D eigenvalue weighted by molar-refractivity contribution is 5.80. The molecule has 1 aromatic carbocycles. The van der Waals surface area contributed by atoms with Gasteiger partial charge in [0.15, 0.2) is 0 Å². The third-order valence-electron chi connectivity index (χ3n) is 4.25. The van der Waals surface area contributed by atoms with E-state index >= 15 is 0 Å². The third kappa shape index (κ3) is 1.56. The van der Waals surface area contributed by atoms with Crippen LogP contribution in [0.3, 0.4) is 0 Å². The van der Waals surface area contributed by atoms with Crippen LogP contribution in [0.1, 0.15) is 31.2 Å². The molecule has 3 heteroatoms. The average Bonchev–Trinajstić information content (AvgIpc) is 2.57. The molecule has 2 aliphatic rings. The number of ketones is 1. The molecule has 0 atom stereocenters. The van der Waals surface area contributed by atoms with Gasteiger partial charge in [-0.3, -0.25) is 4.79 Å². The number of benzene rings is 1. The van der Waals surface area contributed by atoms with Crippen LogP contribution in [0, 0.1) is 5.82 Å². The van der Waals surface area contributed by atoms with Crippen molar-refractivity contribution >= 4 is 11.5 Å². The number of hydrogen-bond acceptors (Lipinski definition) is 2. The number of nitrogens with zero attached hydrogens (tertiary/aromatic N) is 1. The van der Waals surface area contributed by atoms with Crippen LogP contribution >= 0.6 is 0 Å². The third-order valence-corrected chi connectivity index (χ3v) is 4.25. The molecule has 1 spiro atoms. The van der Waals surface area contributed by atoms with E-state index in [9.17, 15) is 9.18 Å². The molecular weight excluding hydrogens is 217 g/mol. The van der Waals surface area contributed by atoms with Crippen LogP contribution in [0.15, 0.2) is 18.2 Å². The molecule has 1 heterocycles. The van der Waals surface area contributed by atoms with Crippen molar-refractivity contribution in [3.8, 4) is 0 Å². The molecular formula is C14H16FNO. The van der Waals surface area contributed by atoms with Gasteiger partial charge in [-0.05, 0) is 30.5 Å². The molecule has 0 aromatic heterocycles. The largest absolute Gasteiger partial charge is 0.373 e. The molecule has 0 unspecified atom stereocenters. The van der Waals surface area contributed by atoms with E-state index in [4.69, 9.17) is 0 Å². The molecule has 17 heavy (non-hydrogen) atoms. The summed E-state index contributed by atoms with van der Waals surface area (Å²) >= 11 is 0. The van der Waals surface area contributed by atoms with Crippen molar-refractivity contribution in [2.75, 3.05) is 18.5 Å². The lowest BCUT2D eigenvalue weighted by Gasteiger charge is -2.33. The van der Waals surface area contributed by atoms with Gasteiger partial charge in [-0.25, -0.2) is 4.39 Å². The van der Waals surface area contributed by atoms with Gasteiger partial charge in [0, 0.05) is 37.5 Å². The first-order valence-corrected chi connectivity index (χ1v) is 6.14. The standard InChI is InChI=1S/C14H16FNO/c1-16-9-14(6-4-11(17)5-7-14)12-3-2-10(15)8-13(12)16/h2-3,8H,4-7,9H2,1H3. The Morgan fingerprint density at radius 1 is 1.29 bits per heavy atom. The van der Waals surface area contributed by atoms with Gasteiger partial charge in [0.2, 0.25) is 0 Å². The molecule has 0 bridgehead atoms. The Kier molecular flexibility index (Phi) is 2.25. The Balaban J connectivity index is 2.03. The number of carbonyl (C=O) groups excluding carboxylic acids is 1. The fraction of sp³-hybridized carbons (Fsp3) is 0.500. The first-order chi connectivity index (χ1) is 8.11. The van der Waals surface area contributed by atoms with Gasteiger partial charge in [0.25, 0.3) is 0 Å². The van der Waals surface area contributed by atoms with Crippen LogP contribution in [0.5, 0.6) is 0 Å². The van der Waals surface area contributed by atoms with E-state index in [0.717, 1.165) is 25.1 Å². The Hall–Kier alpha value is -1.38. The van der Waals surface area contributed by atoms with Crippen molar-refractivity contribution in [1.29, 1.82) is 0 Å². The van der Waals surface area contributed by atoms with Gasteiger partial charge in [0.05, 0.1) is 0 Å². The van der Waals surface area contributed by atoms with Crippen LogP contribution in [-0.2, 0) is 10.2 Å². The van der Waals surface area contributed by atoms with Crippen molar-refractivity contribution in [3.63, 3.8) is 0 Å². The number of fused-ring (bicyclic) bond motifs is 2. The number of carbonyl (C=O) groups is 1. The van der Waals surface area contributed by atoms with Crippen molar-refractivity contribution in [3.05, 3.63) is 29.6 Å². The van der Waals surface area contributed by atoms with Crippen LogP contribution in [0.25, 0.3) is 0 Å². The molecule has 0 saturated heterocycles. The summed E-state index contributed by atoms with van der Waals surface area (Å²) in [5.74, 6) is 0.188. The molecule has 0 radical (unpaired) electrons. The maximum Gasteiger partial charge on any atom is 0.132 e. The summed E-state index contributed by atoms with van der Waals surface area (Å²) in [6.07, 6.45) is 3.17. The smallest absolute Gasteiger partial charge is 0.132 e. The summed E-state index contributed by atoms with van der Waals surface area (Å²) in [5.41, 5.74) is 2.32. The van der Waals surface area contributed by atoms with Gasteiger partial charge in [0.1, 0.15) is 11.6 Å². The topological polar surface area (TPSA) is 20.3 Å². The fourth-order valence-electron chi connectivity index (χ4n) is 3.33. The summed E-state index contributed by atoms with van der Waals surface area (Å²) in [4.78, 5) is 13.5. The lowest BCUT2D eigenvalue weighted by atomic mass is 9.70. The predicted molar refractivity (Wildman–Crippen MR) is 64.8 cm³/mol. The summed E-state index contributed by atoms with van der Waals surface area (Å²) in [6.45, 7) is 0.916. The lowest BCUT2D eigenvalue weighted by Crippen LogP contribution is -2.36. The van der Waals surface area contributed by atoms with Crippen molar-refractivity contribution in [1.82, 2.24) is 0 Å². The lowest BCUT2D eigenvalue weighted by molar-refractivity contribution is -0.121. The zero-order valence-corrected chi connectivity index (χ0v) is 10.0. The second-order valence-electron chi connectivity index (χ2n) is 5.34. The highest BCUT2D eigenvalue weighted by atomic mass is 19.1. The Morgan fingerprint density at radius 3 is 2.71 bits per heavy atom. The number of halogens is 1. The summed E-state index contributed by atoms with van der Waals surface area (Å²) in [5, 5.41) is 0. The van der Waals surface area contributed by atoms with E-state index in [1.165, 1.54) is 11.6 Å². The molecule has 90 valence electrons. The first-order valence-electron chi connectivity index (χ1n) is 6.14. The zero-order valence-electron chi connectivity index (χ0n) is 10.0. The van der Waals surface area contributed by atoms with Crippen molar-refractivity contribution < 1.29 is 9.18 Å². The molecule has 1 aromatic rings. The van der Waals surface area contributed by atoms with Gasteiger partial charge < -0.3 is 4.90 Å². The quantitative estimate of drug-likeness (QED) is 0.686. The molecule has 3 rings (SSSR count). The number of anilines is 1. The number of hydrogen-bond donors (Lipinski definition) is 0. The minimum absolute atomic E-state index is 0.0890. The molecule has 1 aliphatic carbocycles. The molecule has 0 N–H and O–H groups in total. The van der Waals surface area contributed by atoms with Crippen LogP contribution < -0.4 is 4.90 Å². The van der Waals surface area contributed by atoms with Crippen LogP contribution in [0.2, 0.25) is 0 Å². The maximum atomic E-state index is 13.3. The molecule has 2 nitrogen and oxygen atoms in total. The van der Waals surface area contributed by atoms with Gasteiger partial charge in [-0.2, -0.15) is 0 Å².